The van der Waals surface area contributed by atoms with Gasteiger partial charge in [-0.25, -0.2) is 0 Å². The minimum Gasteiger partial charge on any atom is -0.338 e. The maximum Gasteiger partial charge on any atom is 0.171 e. The molecule has 1 aromatic carbocycles. The number of anilines is 2. The van der Waals surface area contributed by atoms with Crippen molar-refractivity contribution in [2.24, 2.45) is 0 Å². The Kier molecular flexibility index (Phi) is 3.82. The van der Waals surface area contributed by atoms with E-state index in [4.69, 9.17) is 0 Å². The summed E-state index contributed by atoms with van der Waals surface area (Å²) in [5.74, 6) is 0.493. The van der Waals surface area contributed by atoms with E-state index in [1.807, 2.05) is 39.0 Å². The first-order valence-corrected chi connectivity index (χ1v) is 6.59. The molecular formula is C14H13BrN4. The molecule has 0 atom stereocenters. The summed E-state index contributed by atoms with van der Waals surface area (Å²) in [6, 6.07) is 8.05. The van der Waals surface area contributed by atoms with Crippen molar-refractivity contribution in [2.45, 2.75) is 20.8 Å². The second kappa shape index (κ2) is 5.37. The standard InChI is InChI=1S/C14H13BrN4/c1-8-6-11(4-5-13(8)15)17-14-12(7-16)9(2)10(3)18-19-14/h4-6H,1-3H3,(H,17,19). The summed E-state index contributed by atoms with van der Waals surface area (Å²) >= 11 is 3.46. The third-order valence-corrected chi connectivity index (χ3v) is 3.88. The van der Waals surface area contributed by atoms with E-state index >= 15 is 0 Å². The predicted octanol–water partition coefficient (Wildman–Crippen LogP) is 3.78. The Morgan fingerprint density at radius 1 is 1.21 bits per heavy atom. The molecule has 0 bridgehead atoms. The molecule has 0 spiro atoms. The van der Waals surface area contributed by atoms with Gasteiger partial charge < -0.3 is 5.32 Å². The summed E-state index contributed by atoms with van der Waals surface area (Å²) in [5, 5.41) is 20.5. The fourth-order valence-electron chi connectivity index (χ4n) is 1.69. The van der Waals surface area contributed by atoms with Gasteiger partial charge in [0.25, 0.3) is 0 Å². The third-order valence-electron chi connectivity index (χ3n) is 2.99. The third kappa shape index (κ3) is 2.74. The molecule has 0 unspecified atom stereocenters. The Morgan fingerprint density at radius 2 is 1.95 bits per heavy atom. The van der Waals surface area contributed by atoms with Crippen LogP contribution in [0.3, 0.4) is 0 Å². The molecule has 0 aliphatic heterocycles. The number of hydrogen-bond donors (Lipinski definition) is 1. The number of nitrogens with zero attached hydrogens (tertiary/aromatic N) is 3. The van der Waals surface area contributed by atoms with Crippen molar-refractivity contribution < 1.29 is 0 Å². The van der Waals surface area contributed by atoms with Crippen LogP contribution in [0.2, 0.25) is 0 Å². The predicted molar refractivity (Wildman–Crippen MR) is 78.4 cm³/mol. The van der Waals surface area contributed by atoms with Gasteiger partial charge in [0.15, 0.2) is 5.82 Å². The van der Waals surface area contributed by atoms with Crippen molar-refractivity contribution in [1.29, 1.82) is 5.26 Å². The lowest BCUT2D eigenvalue weighted by Gasteiger charge is -2.10. The number of aromatic nitrogens is 2. The van der Waals surface area contributed by atoms with Gasteiger partial charge in [0.2, 0.25) is 0 Å². The summed E-state index contributed by atoms with van der Waals surface area (Å²) in [5.41, 5.74) is 4.16. The van der Waals surface area contributed by atoms with Gasteiger partial charge in [0.1, 0.15) is 11.6 Å². The van der Waals surface area contributed by atoms with Crippen LogP contribution in [-0.4, -0.2) is 10.2 Å². The first kappa shape index (κ1) is 13.5. The summed E-state index contributed by atoms with van der Waals surface area (Å²) in [4.78, 5) is 0. The number of nitriles is 1. The van der Waals surface area contributed by atoms with Gasteiger partial charge >= 0.3 is 0 Å². The molecule has 19 heavy (non-hydrogen) atoms. The number of rotatable bonds is 2. The zero-order chi connectivity index (χ0) is 14.0. The molecule has 4 nitrogen and oxygen atoms in total. The van der Waals surface area contributed by atoms with Gasteiger partial charge in [0.05, 0.1) is 5.69 Å². The average molecular weight is 317 g/mol. The topological polar surface area (TPSA) is 61.6 Å². The Labute approximate surface area is 120 Å². The molecule has 0 amide bonds. The Bertz CT molecular complexity index is 674. The van der Waals surface area contributed by atoms with Crippen molar-refractivity contribution in [1.82, 2.24) is 10.2 Å². The molecule has 0 aliphatic rings. The Balaban J connectivity index is 2.41. The lowest BCUT2D eigenvalue weighted by molar-refractivity contribution is 0.960. The average Bonchev–Trinajstić information content (AvgIpc) is 2.39. The molecule has 0 aliphatic carbocycles. The van der Waals surface area contributed by atoms with E-state index in [9.17, 15) is 5.26 Å². The SMILES string of the molecule is Cc1cc(Nc2nnc(C)c(C)c2C#N)ccc1Br. The summed E-state index contributed by atoms with van der Waals surface area (Å²) in [6.45, 7) is 5.73. The smallest absolute Gasteiger partial charge is 0.171 e. The molecule has 1 heterocycles. The van der Waals surface area contributed by atoms with E-state index in [0.29, 0.717) is 11.4 Å². The van der Waals surface area contributed by atoms with Crippen molar-refractivity contribution in [3.8, 4) is 6.07 Å². The summed E-state index contributed by atoms with van der Waals surface area (Å²) < 4.78 is 1.05. The molecule has 5 heteroatoms. The highest BCUT2D eigenvalue weighted by atomic mass is 79.9. The van der Waals surface area contributed by atoms with Crippen LogP contribution in [-0.2, 0) is 0 Å². The number of hydrogen-bond acceptors (Lipinski definition) is 4. The minimum atomic E-state index is 0.493. The molecule has 0 radical (unpaired) electrons. The summed E-state index contributed by atoms with van der Waals surface area (Å²) in [6.07, 6.45) is 0. The fourth-order valence-corrected chi connectivity index (χ4v) is 1.94. The lowest BCUT2D eigenvalue weighted by Crippen LogP contribution is -2.03. The van der Waals surface area contributed by atoms with Crippen molar-refractivity contribution in [2.75, 3.05) is 5.32 Å². The molecule has 1 N–H and O–H groups in total. The molecule has 0 saturated heterocycles. The second-order valence-corrected chi connectivity index (χ2v) is 5.19. The lowest BCUT2D eigenvalue weighted by atomic mass is 10.1. The van der Waals surface area contributed by atoms with Gasteiger partial charge in [-0.2, -0.15) is 10.4 Å². The van der Waals surface area contributed by atoms with Crippen LogP contribution in [0.15, 0.2) is 22.7 Å². The van der Waals surface area contributed by atoms with E-state index in [2.05, 4.69) is 37.5 Å². The largest absolute Gasteiger partial charge is 0.338 e. The van der Waals surface area contributed by atoms with E-state index in [1.165, 1.54) is 0 Å². The van der Waals surface area contributed by atoms with E-state index in [1.54, 1.807) is 0 Å². The fraction of sp³-hybridized carbons (Fsp3) is 0.214. The minimum absolute atomic E-state index is 0.493. The number of benzene rings is 1. The van der Waals surface area contributed by atoms with Crippen LogP contribution in [0.5, 0.6) is 0 Å². The number of nitrogens with one attached hydrogen (secondary N) is 1. The first-order valence-electron chi connectivity index (χ1n) is 5.80. The highest BCUT2D eigenvalue weighted by molar-refractivity contribution is 9.10. The van der Waals surface area contributed by atoms with Gasteiger partial charge in [-0.05, 0) is 50.1 Å². The summed E-state index contributed by atoms with van der Waals surface area (Å²) in [7, 11) is 0. The number of halogens is 1. The molecule has 1 aromatic heterocycles. The number of aryl methyl sites for hydroxylation is 2. The van der Waals surface area contributed by atoms with Gasteiger partial charge in [-0.1, -0.05) is 15.9 Å². The van der Waals surface area contributed by atoms with E-state index in [0.717, 1.165) is 27.0 Å². The van der Waals surface area contributed by atoms with Crippen LogP contribution in [0.4, 0.5) is 11.5 Å². The zero-order valence-corrected chi connectivity index (χ0v) is 12.5. The van der Waals surface area contributed by atoms with Crippen LogP contribution < -0.4 is 5.32 Å². The zero-order valence-electron chi connectivity index (χ0n) is 11.0. The molecule has 0 saturated carbocycles. The van der Waals surface area contributed by atoms with E-state index < -0.39 is 0 Å². The second-order valence-electron chi connectivity index (χ2n) is 4.33. The van der Waals surface area contributed by atoms with Gasteiger partial charge in [0, 0.05) is 10.2 Å². The van der Waals surface area contributed by atoms with E-state index in [-0.39, 0.29) is 0 Å². The van der Waals surface area contributed by atoms with Gasteiger partial charge in [-0.15, -0.1) is 5.10 Å². The Morgan fingerprint density at radius 3 is 2.58 bits per heavy atom. The molecule has 0 fully saturated rings. The van der Waals surface area contributed by atoms with Crippen molar-refractivity contribution in [3.05, 3.63) is 45.1 Å². The van der Waals surface area contributed by atoms with Crippen LogP contribution >= 0.6 is 15.9 Å². The van der Waals surface area contributed by atoms with Crippen molar-refractivity contribution in [3.63, 3.8) is 0 Å². The maximum atomic E-state index is 9.24. The normalized spacial score (nSPS) is 10.1. The highest BCUT2D eigenvalue weighted by Gasteiger charge is 2.11. The molecule has 2 aromatic rings. The monoisotopic (exact) mass is 316 g/mol. The molecular weight excluding hydrogens is 304 g/mol. The highest BCUT2D eigenvalue weighted by Crippen LogP contribution is 2.24. The molecule has 2 rings (SSSR count). The Hall–Kier alpha value is -1.93. The van der Waals surface area contributed by atoms with Crippen LogP contribution in [0.25, 0.3) is 0 Å². The molecule has 96 valence electrons. The first-order chi connectivity index (χ1) is 9.02. The maximum absolute atomic E-state index is 9.24. The van der Waals surface area contributed by atoms with Gasteiger partial charge in [-0.3, -0.25) is 0 Å². The van der Waals surface area contributed by atoms with Crippen LogP contribution in [0, 0.1) is 32.1 Å². The van der Waals surface area contributed by atoms with Crippen LogP contribution in [0.1, 0.15) is 22.4 Å². The van der Waals surface area contributed by atoms with Crippen molar-refractivity contribution >= 4 is 27.4 Å². The quantitative estimate of drug-likeness (QED) is 0.915.